The summed E-state index contributed by atoms with van der Waals surface area (Å²) in [7, 11) is 0. The van der Waals surface area contributed by atoms with Gasteiger partial charge in [-0.2, -0.15) is 0 Å². The van der Waals surface area contributed by atoms with Crippen molar-refractivity contribution in [2.45, 2.75) is 78.7 Å². The predicted octanol–water partition coefficient (Wildman–Crippen LogP) is 4.33. The average Bonchev–Trinajstić information content (AvgIpc) is 2.94. The van der Waals surface area contributed by atoms with E-state index in [0.717, 1.165) is 38.4 Å². The molecular weight excluding hydrogens is 324 g/mol. The van der Waals surface area contributed by atoms with E-state index in [9.17, 15) is 14.7 Å². The molecule has 4 aliphatic rings. The lowest BCUT2D eigenvalue weighted by atomic mass is 9.45. The molecule has 3 nitrogen and oxygen atoms in total. The first-order valence-electron chi connectivity index (χ1n) is 10.5. The van der Waals surface area contributed by atoms with Crippen LogP contribution in [-0.2, 0) is 9.59 Å². The van der Waals surface area contributed by atoms with Crippen molar-refractivity contribution in [2.75, 3.05) is 0 Å². The lowest BCUT2D eigenvalue weighted by molar-refractivity contribution is -0.133. The molecule has 0 radical (unpaired) electrons. The minimum Gasteiger partial charge on any atom is -0.392 e. The van der Waals surface area contributed by atoms with Gasteiger partial charge in [0.2, 0.25) is 0 Å². The third-order valence-electron chi connectivity index (χ3n) is 9.19. The van der Waals surface area contributed by atoms with Gasteiger partial charge in [0.05, 0.1) is 6.10 Å². The molecule has 0 aromatic carbocycles. The summed E-state index contributed by atoms with van der Waals surface area (Å²) >= 11 is 0. The highest BCUT2D eigenvalue weighted by Crippen LogP contribution is 2.68. The van der Waals surface area contributed by atoms with Crippen LogP contribution in [0.15, 0.2) is 11.6 Å². The highest BCUT2D eigenvalue weighted by atomic mass is 16.3. The Morgan fingerprint density at radius 3 is 2.58 bits per heavy atom. The molecule has 144 valence electrons. The topological polar surface area (TPSA) is 54.4 Å². The maximum atomic E-state index is 12.0. The first-order chi connectivity index (χ1) is 12.1. The van der Waals surface area contributed by atoms with E-state index in [-0.39, 0.29) is 28.1 Å². The van der Waals surface area contributed by atoms with Gasteiger partial charge in [-0.05, 0) is 79.1 Å². The Morgan fingerprint density at radius 1 is 1.15 bits per heavy atom. The summed E-state index contributed by atoms with van der Waals surface area (Å²) in [6.07, 6.45) is 9.41. The number of rotatable bonds is 2. The van der Waals surface area contributed by atoms with Gasteiger partial charge in [-0.1, -0.05) is 33.3 Å². The second kappa shape index (κ2) is 5.77. The first-order valence-corrected chi connectivity index (χ1v) is 10.5. The number of aldehydes is 1. The molecule has 0 aliphatic heterocycles. The zero-order valence-corrected chi connectivity index (χ0v) is 16.8. The van der Waals surface area contributed by atoms with Crippen LogP contribution in [0, 0.1) is 39.9 Å². The van der Waals surface area contributed by atoms with E-state index in [0.29, 0.717) is 36.5 Å². The van der Waals surface area contributed by atoms with Gasteiger partial charge in [-0.25, -0.2) is 0 Å². The third kappa shape index (κ3) is 2.35. The number of fused-ring (bicyclic) bond motifs is 5. The SMILES string of the molecule is CC(C)(C=O)[C@H]1CC[C@H]2[C@@H]3[C@H](O)CC4=CC(=O)CC[C@]4(C)[C@H]3CC[C@]12C. The van der Waals surface area contributed by atoms with Crippen LogP contribution in [0.1, 0.15) is 72.6 Å². The van der Waals surface area contributed by atoms with Crippen molar-refractivity contribution in [2.24, 2.45) is 39.9 Å². The molecule has 0 heterocycles. The Labute approximate surface area is 157 Å². The average molecular weight is 359 g/mol. The van der Waals surface area contributed by atoms with Crippen molar-refractivity contribution in [3.63, 3.8) is 0 Å². The summed E-state index contributed by atoms with van der Waals surface area (Å²) in [4.78, 5) is 23.7. The largest absolute Gasteiger partial charge is 0.392 e. The summed E-state index contributed by atoms with van der Waals surface area (Å²) < 4.78 is 0. The summed E-state index contributed by atoms with van der Waals surface area (Å²) in [6, 6.07) is 0. The molecule has 7 atom stereocenters. The van der Waals surface area contributed by atoms with E-state index in [1.165, 1.54) is 5.57 Å². The molecule has 0 bridgehead atoms. The van der Waals surface area contributed by atoms with E-state index >= 15 is 0 Å². The Kier molecular flexibility index (Phi) is 4.08. The van der Waals surface area contributed by atoms with Crippen molar-refractivity contribution < 1.29 is 14.7 Å². The van der Waals surface area contributed by atoms with Gasteiger partial charge in [-0.15, -0.1) is 0 Å². The van der Waals surface area contributed by atoms with E-state index in [1.807, 2.05) is 6.08 Å². The highest BCUT2D eigenvalue weighted by molar-refractivity contribution is 5.91. The molecule has 0 spiro atoms. The quantitative estimate of drug-likeness (QED) is 0.748. The molecule has 0 saturated heterocycles. The fraction of sp³-hybridized carbons (Fsp3) is 0.826. The second-order valence-electron chi connectivity index (χ2n) is 10.7. The molecule has 0 aromatic rings. The first kappa shape index (κ1) is 18.4. The molecular formula is C23H34O3. The predicted molar refractivity (Wildman–Crippen MR) is 101 cm³/mol. The van der Waals surface area contributed by atoms with Crippen LogP contribution in [0.25, 0.3) is 0 Å². The van der Waals surface area contributed by atoms with E-state index in [4.69, 9.17) is 0 Å². The fourth-order valence-electron chi connectivity index (χ4n) is 7.83. The van der Waals surface area contributed by atoms with Gasteiger partial charge in [0.15, 0.2) is 5.78 Å². The number of aliphatic hydroxyl groups excluding tert-OH is 1. The van der Waals surface area contributed by atoms with Crippen LogP contribution in [-0.4, -0.2) is 23.3 Å². The summed E-state index contributed by atoms with van der Waals surface area (Å²) in [5, 5.41) is 11.1. The van der Waals surface area contributed by atoms with Crippen molar-refractivity contribution >= 4 is 12.1 Å². The zero-order valence-electron chi connectivity index (χ0n) is 16.8. The second-order valence-corrected chi connectivity index (χ2v) is 10.7. The summed E-state index contributed by atoms with van der Waals surface area (Å²) in [5.41, 5.74) is 1.14. The van der Waals surface area contributed by atoms with E-state index in [1.54, 1.807) is 0 Å². The number of ketones is 1. The number of carbonyl (C=O) groups excluding carboxylic acids is 2. The van der Waals surface area contributed by atoms with Crippen LogP contribution in [0.2, 0.25) is 0 Å². The van der Waals surface area contributed by atoms with Crippen LogP contribution in [0.5, 0.6) is 0 Å². The Morgan fingerprint density at radius 2 is 1.88 bits per heavy atom. The van der Waals surface area contributed by atoms with Crippen molar-refractivity contribution in [1.82, 2.24) is 0 Å². The van der Waals surface area contributed by atoms with Gasteiger partial charge in [0.1, 0.15) is 6.29 Å². The van der Waals surface area contributed by atoms with Gasteiger partial charge in [0, 0.05) is 11.8 Å². The minimum atomic E-state index is -0.340. The highest BCUT2D eigenvalue weighted by Gasteiger charge is 2.62. The standard InChI is InChI=1S/C23H34O3/c1-21(2,13-24)19-6-5-16-20-17(8-10-23(16,19)4)22(3)9-7-15(25)11-14(22)12-18(20)26/h11,13,16-20,26H,5-10,12H2,1-4H3/t16-,17-,18+,19+,20-,22-,23-/m0/s1. The molecule has 4 aliphatic carbocycles. The zero-order chi connectivity index (χ0) is 18.9. The molecule has 3 saturated carbocycles. The number of hydrogen-bond acceptors (Lipinski definition) is 3. The maximum Gasteiger partial charge on any atom is 0.155 e. The van der Waals surface area contributed by atoms with Gasteiger partial charge < -0.3 is 9.90 Å². The van der Waals surface area contributed by atoms with Gasteiger partial charge in [-0.3, -0.25) is 4.79 Å². The number of aliphatic hydroxyl groups is 1. The Bertz CT molecular complexity index is 662. The normalized spacial score (nSPS) is 48.3. The summed E-state index contributed by atoms with van der Waals surface area (Å²) in [6.45, 7) is 8.92. The minimum absolute atomic E-state index is 0.0808. The van der Waals surface area contributed by atoms with Crippen LogP contribution >= 0.6 is 0 Å². The monoisotopic (exact) mass is 358 g/mol. The molecule has 4 rings (SSSR count). The number of hydrogen-bond donors (Lipinski definition) is 1. The lowest BCUT2D eigenvalue weighted by Crippen LogP contribution is -2.56. The van der Waals surface area contributed by atoms with Crippen LogP contribution in [0.3, 0.4) is 0 Å². The van der Waals surface area contributed by atoms with Crippen LogP contribution < -0.4 is 0 Å². The van der Waals surface area contributed by atoms with Gasteiger partial charge >= 0.3 is 0 Å². The lowest BCUT2D eigenvalue weighted by Gasteiger charge is -2.60. The van der Waals surface area contributed by atoms with E-state index in [2.05, 4.69) is 27.7 Å². The van der Waals surface area contributed by atoms with Gasteiger partial charge in [0.25, 0.3) is 0 Å². The fourth-order valence-corrected chi connectivity index (χ4v) is 7.83. The molecule has 3 fully saturated rings. The molecule has 0 amide bonds. The van der Waals surface area contributed by atoms with E-state index < -0.39 is 0 Å². The molecule has 0 unspecified atom stereocenters. The molecule has 0 aromatic heterocycles. The third-order valence-corrected chi connectivity index (χ3v) is 9.19. The Balaban J connectivity index is 1.70. The Hall–Kier alpha value is -0.960. The maximum absolute atomic E-state index is 12.0. The summed E-state index contributed by atoms with van der Waals surface area (Å²) in [5.74, 6) is 1.93. The molecule has 26 heavy (non-hydrogen) atoms. The molecule has 1 N–H and O–H groups in total. The van der Waals surface area contributed by atoms with Crippen molar-refractivity contribution in [3.8, 4) is 0 Å². The van der Waals surface area contributed by atoms with Crippen molar-refractivity contribution in [3.05, 3.63) is 11.6 Å². The molecule has 3 heteroatoms. The smallest absolute Gasteiger partial charge is 0.155 e. The van der Waals surface area contributed by atoms with Crippen LogP contribution in [0.4, 0.5) is 0 Å². The van der Waals surface area contributed by atoms with Crippen molar-refractivity contribution in [1.29, 1.82) is 0 Å². The number of carbonyl (C=O) groups is 2.